The third-order valence-electron chi connectivity index (χ3n) is 1.83. The Morgan fingerprint density at radius 3 is 2.29 bits per heavy atom. The van der Waals surface area contributed by atoms with Crippen LogP contribution >= 0.6 is 0 Å². The van der Waals surface area contributed by atoms with Crippen molar-refractivity contribution in [3.05, 3.63) is 0 Å². The minimum atomic E-state index is -2.93. The molecule has 0 aliphatic carbocycles. The van der Waals surface area contributed by atoms with Crippen LogP contribution in [0.5, 0.6) is 0 Å². The van der Waals surface area contributed by atoms with Crippen molar-refractivity contribution >= 4 is 9.84 Å². The van der Waals surface area contributed by atoms with Gasteiger partial charge in [0.15, 0.2) is 9.84 Å². The smallest absolute Gasteiger partial charge is 0.151 e. The first-order chi connectivity index (χ1) is 6.16. The topological polar surface area (TPSA) is 66.4 Å². The number of hydrogen-bond acceptors (Lipinski definition) is 4. The third-order valence-corrected chi connectivity index (χ3v) is 3.71. The maximum atomic E-state index is 11.2. The average molecular weight is 223 g/mol. The Kier molecular flexibility index (Phi) is 5.05. The van der Waals surface area contributed by atoms with Gasteiger partial charge in [0.2, 0.25) is 0 Å². The fourth-order valence-electron chi connectivity index (χ4n) is 0.982. The normalized spacial score (nSPS) is 15.5. The second kappa shape index (κ2) is 5.09. The highest BCUT2D eigenvalue weighted by Gasteiger charge is 2.17. The summed E-state index contributed by atoms with van der Waals surface area (Å²) in [6.07, 6.45) is 0. The maximum Gasteiger partial charge on any atom is 0.151 e. The van der Waals surface area contributed by atoms with Gasteiger partial charge < -0.3 is 10.4 Å². The molecule has 1 atom stereocenters. The summed E-state index contributed by atoms with van der Waals surface area (Å²) in [4.78, 5) is 0. The summed E-state index contributed by atoms with van der Waals surface area (Å²) < 4.78 is 22.5. The molecular weight excluding hydrogens is 202 g/mol. The van der Waals surface area contributed by atoms with Crippen LogP contribution in [0.25, 0.3) is 0 Å². The molecule has 0 amide bonds. The lowest BCUT2D eigenvalue weighted by Gasteiger charge is -2.21. The number of rotatable bonds is 6. The van der Waals surface area contributed by atoms with Crippen molar-refractivity contribution in [1.82, 2.24) is 5.32 Å². The van der Waals surface area contributed by atoms with Crippen molar-refractivity contribution in [2.24, 2.45) is 0 Å². The lowest BCUT2D eigenvalue weighted by Crippen LogP contribution is -2.42. The molecular formula is C9H21NO3S. The van der Waals surface area contributed by atoms with E-state index in [0.29, 0.717) is 6.54 Å². The number of nitrogens with one attached hydrogen (secondary N) is 1. The maximum absolute atomic E-state index is 11.2. The minimum absolute atomic E-state index is 0.119. The summed E-state index contributed by atoms with van der Waals surface area (Å²) in [5, 5.41) is 12.4. The van der Waals surface area contributed by atoms with Crippen LogP contribution in [0.4, 0.5) is 0 Å². The molecule has 0 rings (SSSR count). The fraction of sp³-hybridized carbons (Fsp3) is 1.00. The highest BCUT2D eigenvalue weighted by molar-refractivity contribution is 7.91. The van der Waals surface area contributed by atoms with Gasteiger partial charge in [-0.1, -0.05) is 6.92 Å². The van der Waals surface area contributed by atoms with Crippen molar-refractivity contribution in [1.29, 1.82) is 0 Å². The summed E-state index contributed by atoms with van der Waals surface area (Å²) in [6, 6.07) is -0.119. The summed E-state index contributed by atoms with van der Waals surface area (Å²) in [6.45, 7) is 7.20. The van der Waals surface area contributed by atoms with E-state index in [9.17, 15) is 13.5 Å². The second-order valence-electron chi connectivity index (χ2n) is 4.29. The van der Waals surface area contributed by atoms with Crippen LogP contribution in [0, 0.1) is 0 Å². The summed E-state index contributed by atoms with van der Waals surface area (Å²) in [5.41, 5.74) is -0.801. The molecule has 4 nitrogen and oxygen atoms in total. The molecule has 0 saturated heterocycles. The highest BCUT2D eigenvalue weighted by atomic mass is 32.2. The molecule has 0 radical (unpaired) electrons. The van der Waals surface area contributed by atoms with Gasteiger partial charge in [0.25, 0.3) is 0 Å². The molecule has 2 N–H and O–H groups in total. The van der Waals surface area contributed by atoms with Gasteiger partial charge in [-0.3, -0.25) is 0 Å². The Bertz CT molecular complexity index is 254. The van der Waals surface area contributed by atoms with E-state index in [-0.39, 0.29) is 17.5 Å². The van der Waals surface area contributed by atoms with Gasteiger partial charge in [-0.2, -0.15) is 0 Å². The Balaban J connectivity index is 3.95. The molecule has 1 unspecified atom stereocenters. The van der Waals surface area contributed by atoms with E-state index in [0.717, 1.165) is 0 Å². The van der Waals surface area contributed by atoms with Gasteiger partial charge in [0.05, 0.1) is 11.4 Å². The van der Waals surface area contributed by atoms with Gasteiger partial charge in [0, 0.05) is 18.3 Å². The van der Waals surface area contributed by atoms with Crippen molar-refractivity contribution in [2.75, 3.05) is 18.1 Å². The molecule has 5 heteroatoms. The first-order valence-corrected chi connectivity index (χ1v) is 6.64. The van der Waals surface area contributed by atoms with Crippen LogP contribution in [0.15, 0.2) is 0 Å². The van der Waals surface area contributed by atoms with Crippen molar-refractivity contribution in [3.8, 4) is 0 Å². The van der Waals surface area contributed by atoms with Gasteiger partial charge in [-0.15, -0.1) is 0 Å². The second-order valence-corrected chi connectivity index (χ2v) is 6.69. The van der Waals surface area contributed by atoms with Crippen LogP contribution in [0.2, 0.25) is 0 Å². The molecule has 86 valence electrons. The summed E-state index contributed by atoms with van der Waals surface area (Å²) >= 11 is 0. The first kappa shape index (κ1) is 13.9. The largest absolute Gasteiger partial charge is 0.389 e. The van der Waals surface area contributed by atoms with Crippen molar-refractivity contribution < 1.29 is 13.5 Å². The Morgan fingerprint density at radius 2 is 1.93 bits per heavy atom. The van der Waals surface area contributed by atoms with E-state index >= 15 is 0 Å². The predicted molar refractivity (Wildman–Crippen MR) is 58.1 cm³/mol. The van der Waals surface area contributed by atoms with Crippen molar-refractivity contribution in [3.63, 3.8) is 0 Å². The number of hydrogen-bond donors (Lipinski definition) is 2. The Labute approximate surface area is 86.6 Å². The lowest BCUT2D eigenvalue weighted by atomic mass is 10.1. The standard InChI is InChI=1S/C9H21NO3S/c1-5-14(12,13)6-8(2)10-7-9(3,4)11/h8,10-11H,5-7H2,1-4H3. The summed E-state index contributed by atoms with van der Waals surface area (Å²) in [7, 11) is -2.93. The van der Waals surface area contributed by atoms with E-state index in [1.54, 1.807) is 27.7 Å². The zero-order valence-electron chi connectivity index (χ0n) is 9.37. The molecule has 0 saturated carbocycles. The molecule has 0 aromatic heterocycles. The van der Waals surface area contributed by atoms with Crippen molar-refractivity contribution in [2.45, 2.75) is 39.3 Å². The van der Waals surface area contributed by atoms with E-state index in [2.05, 4.69) is 5.32 Å². The van der Waals surface area contributed by atoms with E-state index < -0.39 is 15.4 Å². The minimum Gasteiger partial charge on any atom is -0.389 e. The van der Waals surface area contributed by atoms with Gasteiger partial charge in [0.1, 0.15) is 0 Å². The van der Waals surface area contributed by atoms with E-state index in [1.807, 2.05) is 0 Å². The molecule has 14 heavy (non-hydrogen) atoms. The average Bonchev–Trinajstić information content (AvgIpc) is 1.99. The lowest BCUT2D eigenvalue weighted by molar-refractivity contribution is 0.0777. The monoisotopic (exact) mass is 223 g/mol. The fourth-order valence-corrected chi connectivity index (χ4v) is 2.10. The molecule has 0 aliphatic heterocycles. The zero-order chi connectivity index (χ0) is 11.4. The first-order valence-electron chi connectivity index (χ1n) is 4.82. The zero-order valence-corrected chi connectivity index (χ0v) is 10.2. The Morgan fingerprint density at radius 1 is 1.43 bits per heavy atom. The highest BCUT2D eigenvalue weighted by Crippen LogP contribution is 2.00. The summed E-state index contributed by atoms with van der Waals surface area (Å²) in [5.74, 6) is 0.293. The molecule has 0 bridgehead atoms. The van der Waals surface area contributed by atoms with E-state index in [4.69, 9.17) is 0 Å². The number of sulfone groups is 1. The molecule has 0 fully saturated rings. The van der Waals surface area contributed by atoms with Gasteiger partial charge in [-0.25, -0.2) is 8.42 Å². The molecule has 0 aromatic rings. The Hall–Kier alpha value is -0.130. The van der Waals surface area contributed by atoms with Crippen LogP contribution in [-0.2, 0) is 9.84 Å². The van der Waals surface area contributed by atoms with Gasteiger partial charge in [-0.05, 0) is 20.8 Å². The molecule has 0 spiro atoms. The van der Waals surface area contributed by atoms with E-state index in [1.165, 1.54) is 0 Å². The quantitative estimate of drug-likeness (QED) is 0.673. The molecule has 0 aliphatic rings. The van der Waals surface area contributed by atoms with Crippen LogP contribution in [-0.4, -0.2) is 43.2 Å². The molecule has 0 aromatic carbocycles. The third kappa shape index (κ3) is 7.29. The number of aliphatic hydroxyl groups is 1. The molecule has 0 heterocycles. The predicted octanol–water partition coefficient (Wildman–Crippen LogP) is 0.170. The van der Waals surface area contributed by atoms with Gasteiger partial charge >= 0.3 is 0 Å². The van der Waals surface area contributed by atoms with Crippen LogP contribution < -0.4 is 5.32 Å². The van der Waals surface area contributed by atoms with Crippen LogP contribution in [0.3, 0.4) is 0 Å². The SMILES string of the molecule is CCS(=O)(=O)CC(C)NCC(C)(C)O. The van der Waals surface area contributed by atoms with Crippen LogP contribution in [0.1, 0.15) is 27.7 Å².